The molecule has 19 heavy (non-hydrogen) atoms. The highest BCUT2D eigenvalue weighted by molar-refractivity contribution is 5.96. The van der Waals surface area contributed by atoms with Crippen molar-refractivity contribution in [1.29, 1.82) is 0 Å². The molecule has 0 radical (unpaired) electrons. The summed E-state index contributed by atoms with van der Waals surface area (Å²) in [6.45, 7) is 2.46. The van der Waals surface area contributed by atoms with Crippen LogP contribution in [0.2, 0.25) is 0 Å². The first kappa shape index (κ1) is 12.9. The fourth-order valence-corrected chi connectivity index (χ4v) is 1.70. The van der Waals surface area contributed by atoms with Gasteiger partial charge in [0.05, 0.1) is 11.4 Å². The summed E-state index contributed by atoms with van der Waals surface area (Å²) in [5, 5.41) is 10.0. The van der Waals surface area contributed by atoms with Crippen LogP contribution in [0.4, 0.5) is 17.2 Å². The summed E-state index contributed by atoms with van der Waals surface area (Å²) in [5.41, 5.74) is 7.72. The zero-order valence-electron chi connectivity index (χ0n) is 11.0. The Hall–Kier alpha value is -2.50. The monoisotopic (exact) mass is 259 g/mol. The molecule has 1 amide bonds. The van der Waals surface area contributed by atoms with E-state index in [1.807, 2.05) is 26.2 Å². The lowest BCUT2D eigenvalue weighted by Gasteiger charge is -2.09. The Bertz CT molecular complexity index is 590. The second kappa shape index (κ2) is 5.43. The fourth-order valence-electron chi connectivity index (χ4n) is 1.70. The minimum Gasteiger partial charge on any atom is -0.397 e. The second-order valence-corrected chi connectivity index (χ2v) is 4.16. The van der Waals surface area contributed by atoms with Crippen molar-refractivity contribution in [1.82, 2.24) is 15.1 Å². The molecule has 0 saturated carbocycles. The molecule has 6 nitrogen and oxygen atoms in total. The van der Waals surface area contributed by atoms with Gasteiger partial charge in [0, 0.05) is 31.4 Å². The fraction of sp³-hybridized carbons (Fsp3) is 0.231. The number of anilines is 3. The van der Waals surface area contributed by atoms with Gasteiger partial charge < -0.3 is 16.4 Å². The van der Waals surface area contributed by atoms with Crippen LogP contribution >= 0.6 is 0 Å². The Morgan fingerprint density at radius 1 is 1.42 bits per heavy atom. The molecule has 0 unspecified atom stereocenters. The molecular formula is C13H17N5O. The minimum atomic E-state index is -0.126. The smallest absolute Gasteiger partial charge is 0.251 e. The largest absolute Gasteiger partial charge is 0.397 e. The number of nitrogens with one attached hydrogen (secondary N) is 2. The van der Waals surface area contributed by atoms with Gasteiger partial charge in [0.2, 0.25) is 0 Å². The number of carbonyl (C=O) groups excluding carboxylic acids is 1. The molecule has 1 aromatic carbocycles. The number of nitrogen functional groups attached to an aromatic ring is 1. The average molecular weight is 259 g/mol. The molecule has 1 aromatic heterocycles. The van der Waals surface area contributed by atoms with E-state index in [4.69, 9.17) is 5.73 Å². The van der Waals surface area contributed by atoms with Crippen LogP contribution in [-0.2, 0) is 7.05 Å². The van der Waals surface area contributed by atoms with E-state index in [0.717, 1.165) is 5.69 Å². The molecule has 0 fully saturated rings. The molecule has 0 aliphatic rings. The lowest BCUT2D eigenvalue weighted by molar-refractivity contribution is 0.0956. The first-order valence-electron chi connectivity index (χ1n) is 6.04. The van der Waals surface area contributed by atoms with Crippen molar-refractivity contribution in [3.8, 4) is 0 Å². The molecular weight excluding hydrogens is 242 g/mol. The molecule has 0 bridgehead atoms. The van der Waals surface area contributed by atoms with Gasteiger partial charge in [0.1, 0.15) is 0 Å². The summed E-state index contributed by atoms with van der Waals surface area (Å²) >= 11 is 0. The molecule has 0 aliphatic heterocycles. The average Bonchev–Trinajstić information content (AvgIpc) is 2.78. The van der Waals surface area contributed by atoms with E-state index < -0.39 is 0 Å². The van der Waals surface area contributed by atoms with Crippen molar-refractivity contribution >= 4 is 23.1 Å². The van der Waals surface area contributed by atoms with Crippen molar-refractivity contribution in [3.05, 3.63) is 36.0 Å². The molecule has 0 aliphatic carbocycles. The molecule has 6 heteroatoms. The predicted molar refractivity (Wildman–Crippen MR) is 75.4 cm³/mol. The number of rotatable bonds is 4. The summed E-state index contributed by atoms with van der Waals surface area (Å²) in [6.07, 6.45) is 1.83. The van der Waals surface area contributed by atoms with E-state index in [1.54, 1.807) is 22.9 Å². The van der Waals surface area contributed by atoms with Crippen LogP contribution in [0.15, 0.2) is 30.5 Å². The molecule has 0 saturated heterocycles. The zero-order valence-corrected chi connectivity index (χ0v) is 11.0. The van der Waals surface area contributed by atoms with Gasteiger partial charge in [-0.25, -0.2) is 0 Å². The number of carbonyl (C=O) groups is 1. The summed E-state index contributed by atoms with van der Waals surface area (Å²) in [4.78, 5) is 11.7. The summed E-state index contributed by atoms with van der Waals surface area (Å²) in [6, 6.07) is 6.99. The van der Waals surface area contributed by atoms with E-state index in [1.165, 1.54) is 0 Å². The second-order valence-electron chi connectivity index (χ2n) is 4.16. The normalized spacial score (nSPS) is 10.2. The van der Waals surface area contributed by atoms with Gasteiger partial charge >= 0.3 is 0 Å². The number of hydrogen-bond acceptors (Lipinski definition) is 4. The Kier molecular flexibility index (Phi) is 3.70. The van der Waals surface area contributed by atoms with Crippen LogP contribution in [0.5, 0.6) is 0 Å². The van der Waals surface area contributed by atoms with Crippen molar-refractivity contribution in [2.75, 3.05) is 17.6 Å². The third-order valence-corrected chi connectivity index (χ3v) is 2.63. The standard InChI is InChI=1S/C13H17N5O/c1-3-15-13(19)9-4-5-11(10(14)8-9)16-12-6-7-18(2)17-12/h4-8H,3,14H2,1-2H3,(H,15,19)(H,16,17). The third kappa shape index (κ3) is 3.04. The van der Waals surface area contributed by atoms with Gasteiger partial charge in [-0.3, -0.25) is 9.48 Å². The van der Waals surface area contributed by atoms with Crippen molar-refractivity contribution in [3.63, 3.8) is 0 Å². The van der Waals surface area contributed by atoms with Gasteiger partial charge in [0.25, 0.3) is 5.91 Å². The van der Waals surface area contributed by atoms with Gasteiger partial charge in [-0.05, 0) is 25.1 Å². The highest BCUT2D eigenvalue weighted by atomic mass is 16.1. The van der Waals surface area contributed by atoms with Crippen LogP contribution in [0.25, 0.3) is 0 Å². The maximum Gasteiger partial charge on any atom is 0.251 e. The van der Waals surface area contributed by atoms with Gasteiger partial charge in [0.15, 0.2) is 5.82 Å². The summed E-state index contributed by atoms with van der Waals surface area (Å²) in [7, 11) is 1.84. The van der Waals surface area contributed by atoms with E-state index in [2.05, 4.69) is 15.7 Å². The Morgan fingerprint density at radius 2 is 2.21 bits per heavy atom. The first-order chi connectivity index (χ1) is 9.10. The zero-order chi connectivity index (χ0) is 13.8. The highest BCUT2D eigenvalue weighted by Gasteiger charge is 2.08. The van der Waals surface area contributed by atoms with Gasteiger partial charge in [-0.1, -0.05) is 0 Å². The molecule has 2 rings (SSSR count). The number of hydrogen-bond donors (Lipinski definition) is 3. The van der Waals surface area contributed by atoms with Gasteiger partial charge in [-0.15, -0.1) is 0 Å². The number of aromatic nitrogens is 2. The van der Waals surface area contributed by atoms with Crippen molar-refractivity contribution in [2.45, 2.75) is 6.92 Å². The number of benzene rings is 1. The van der Waals surface area contributed by atoms with E-state index in [9.17, 15) is 4.79 Å². The maximum absolute atomic E-state index is 11.7. The molecule has 0 spiro atoms. The molecule has 2 aromatic rings. The lowest BCUT2D eigenvalue weighted by Crippen LogP contribution is -2.22. The Labute approximate surface area is 111 Å². The third-order valence-electron chi connectivity index (χ3n) is 2.63. The van der Waals surface area contributed by atoms with E-state index >= 15 is 0 Å². The van der Waals surface area contributed by atoms with Gasteiger partial charge in [-0.2, -0.15) is 5.10 Å². The van der Waals surface area contributed by atoms with Crippen LogP contribution in [-0.4, -0.2) is 22.2 Å². The highest BCUT2D eigenvalue weighted by Crippen LogP contribution is 2.23. The van der Waals surface area contributed by atoms with Crippen LogP contribution in [0.1, 0.15) is 17.3 Å². The molecule has 0 atom stereocenters. The quantitative estimate of drug-likeness (QED) is 0.726. The minimum absolute atomic E-state index is 0.126. The topological polar surface area (TPSA) is 85.0 Å². The molecule has 100 valence electrons. The van der Waals surface area contributed by atoms with E-state index in [-0.39, 0.29) is 5.91 Å². The number of amides is 1. The molecule has 4 N–H and O–H groups in total. The number of aryl methyl sites for hydroxylation is 1. The van der Waals surface area contributed by atoms with Crippen LogP contribution in [0.3, 0.4) is 0 Å². The van der Waals surface area contributed by atoms with Crippen molar-refractivity contribution in [2.24, 2.45) is 7.05 Å². The summed E-state index contributed by atoms with van der Waals surface area (Å²) < 4.78 is 1.70. The Balaban J connectivity index is 2.17. The van der Waals surface area contributed by atoms with Crippen LogP contribution in [0, 0.1) is 0 Å². The number of nitrogens with zero attached hydrogens (tertiary/aromatic N) is 2. The first-order valence-corrected chi connectivity index (χ1v) is 6.04. The van der Waals surface area contributed by atoms with E-state index in [0.29, 0.717) is 23.6 Å². The lowest BCUT2D eigenvalue weighted by atomic mass is 10.1. The SMILES string of the molecule is CCNC(=O)c1ccc(Nc2ccn(C)n2)c(N)c1. The number of nitrogens with two attached hydrogens (primary N) is 1. The Morgan fingerprint density at radius 3 is 2.79 bits per heavy atom. The predicted octanol–water partition coefficient (Wildman–Crippen LogP) is 1.50. The van der Waals surface area contributed by atoms with Crippen LogP contribution < -0.4 is 16.4 Å². The molecule has 1 heterocycles. The maximum atomic E-state index is 11.7. The van der Waals surface area contributed by atoms with Crippen molar-refractivity contribution < 1.29 is 4.79 Å². The summed E-state index contributed by atoms with van der Waals surface area (Å²) in [5.74, 6) is 0.582.